The average molecular weight is 407 g/mol. The number of rotatable bonds is 0. The Kier molecular flexibility index (Phi) is 3.18. The van der Waals surface area contributed by atoms with Crippen molar-refractivity contribution in [2.24, 2.45) is 0 Å². The number of carbonyl (C=O) groups excluding carboxylic acids is 2. The lowest BCUT2D eigenvalue weighted by molar-refractivity contribution is 0.0979. The first-order chi connectivity index (χ1) is 12.1. The number of fused-ring (bicyclic) bond motifs is 5. The molecule has 2 aliphatic carbocycles. The summed E-state index contributed by atoms with van der Waals surface area (Å²) in [6.45, 7) is 2.36. The Hall–Kier alpha value is -2.04. The van der Waals surface area contributed by atoms with Crippen LogP contribution in [0, 0.1) is 0 Å². The van der Waals surface area contributed by atoms with Gasteiger partial charge in [-0.2, -0.15) is 0 Å². The summed E-state index contributed by atoms with van der Waals surface area (Å²) in [7, 11) is -1.17. The number of benzene rings is 2. The summed E-state index contributed by atoms with van der Waals surface area (Å²) in [5.74, 6) is -0.0681. The molecule has 0 N–H and O–H groups in total. The molecule has 0 spiro atoms. The van der Waals surface area contributed by atoms with E-state index in [1.54, 1.807) is 12.1 Å². The molecule has 122 valence electrons. The largest absolute Gasteiger partial charge is 0.289 e. The van der Waals surface area contributed by atoms with Gasteiger partial charge >= 0.3 is 0 Å². The van der Waals surface area contributed by atoms with Crippen LogP contribution in [0.1, 0.15) is 43.8 Å². The molecular weight excluding hydrogens is 392 g/mol. The van der Waals surface area contributed by atoms with Crippen LogP contribution in [0.4, 0.5) is 0 Å². The van der Waals surface area contributed by atoms with Crippen LogP contribution in [-0.2, 0) is 0 Å². The maximum Gasteiger partial charge on any atom is 0.194 e. The fraction of sp³-hybridized carbons (Fsp3) is 0.143. The molecule has 0 saturated carbocycles. The Morgan fingerprint density at radius 3 is 2.52 bits per heavy atom. The van der Waals surface area contributed by atoms with Crippen molar-refractivity contribution in [3.8, 4) is 0 Å². The van der Waals surface area contributed by atoms with E-state index in [4.69, 9.17) is 0 Å². The molecule has 2 aromatic rings. The van der Waals surface area contributed by atoms with E-state index in [-0.39, 0.29) is 11.6 Å². The third-order valence-electron chi connectivity index (χ3n) is 5.76. The molecule has 0 radical (unpaired) electrons. The van der Waals surface area contributed by atoms with Crippen LogP contribution in [0.15, 0.2) is 53.0 Å². The van der Waals surface area contributed by atoms with Gasteiger partial charge in [0.1, 0.15) is 0 Å². The van der Waals surface area contributed by atoms with Crippen LogP contribution in [-0.4, -0.2) is 20.4 Å². The minimum Gasteiger partial charge on any atom is -0.289 e. The van der Waals surface area contributed by atoms with Gasteiger partial charge in [0, 0.05) is 26.7 Å². The maximum atomic E-state index is 13.0. The van der Waals surface area contributed by atoms with Crippen LogP contribution in [0.25, 0.3) is 5.57 Å². The van der Waals surface area contributed by atoms with Crippen molar-refractivity contribution in [3.63, 3.8) is 0 Å². The van der Waals surface area contributed by atoms with Crippen molar-refractivity contribution >= 4 is 47.1 Å². The highest BCUT2D eigenvalue weighted by atomic mass is 79.9. The van der Waals surface area contributed by atoms with Gasteiger partial charge in [-0.1, -0.05) is 52.0 Å². The minimum absolute atomic E-state index is 0.0307. The first kappa shape index (κ1) is 15.2. The van der Waals surface area contributed by atoms with Gasteiger partial charge in [-0.3, -0.25) is 9.59 Å². The van der Waals surface area contributed by atoms with Crippen molar-refractivity contribution in [2.45, 2.75) is 18.5 Å². The molecule has 0 bridgehead atoms. The highest BCUT2D eigenvalue weighted by molar-refractivity contribution is 9.10. The summed E-state index contributed by atoms with van der Waals surface area (Å²) in [6, 6.07) is 9.36. The van der Waals surface area contributed by atoms with Crippen molar-refractivity contribution in [1.29, 1.82) is 0 Å². The molecule has 0 saturated heterocycles. The summed E-state index contributed by atoms with van der Waals surface area (Å²) in [6.07, 6.45) is 7.61. The fourth-order valence-corrected chi connectivity index (χ4v) is 7.80. The lowest BCUT2D eigenvalue weighted by atomic mass is 9.82. The van der Waals surface area contributed by atoms with Crippen molar-refractivity contribution < 1.29 is 9.59 Å². The van der Waals surface area contributed by atoms with E-state index >= 15 is 0 Å². The molecule has 0 fully saturated rings. The molecule has 25 heavy (non-hydrogen) atoms. The Morgan fingerprint density at radius 1 is 0.960 bits per heavy atom. The van der Waals surface area contributed by atoms with E-state index in [2.05, 4.69) is 40.7 Å². The zero-order valence-corrected chi connectivity index (χ0v) is 16.4. The van der Waals surface area contributed by atoms with Crippen molar-refractivity contribution in [3.05, 3.63) is 80.8 Å². The van der Waals surface area contributed by atoms with Gasteiger partial charge in [0.2, 0.25) is 0 Å². The molecule has 1 aliphatic heterocycles. The Morgan fingerprint density at radius 2 is 1.68 bits per heavy atom. The third-order valence-corrected chi connectivity index (χ3v) is 9.55. The zero-order valence-electron chi connectivity index (χ0n) is 13.7. The van der Waals surface area contributed by atoms with E-state index < -0.39 is 8.80 Å². The summed E-state index contributed by atoms with van der Waals surface area (Å²) < 4.78 is 0.821. The second-order valence-electron chi connectivity index (χ2n) is 7.01. The Labute approximate surface area is 156 Å². The quantitative estimate of drug-likeness (QED) is 0.528. The Balaban J connectivity index is 1.76. The predicted octanol–water partition coefficient (Wildman–Crippen LogP) is 4.02. The standard InChI is InChI=1S/C21H15BrO2Si/c1-25-18-5-3-2-4-12(18)14-9-16-17(10-19(14)25)21(24)15-8-11(22)6-7-13(15)20(16)23/h2-4,6-10,18,25H,5H2,1H3. The molecule has 1 heterocycles. The maximum absolute atomic E-state index is 13.0. The molecule has 2 aromatic carbocycles. The number of allylic oxidation sites excluding steroid dienone is 4. The van der Waals surface area contributed by atoms with Crippen LogP contribution >= 0.6 is 15.9 Å². The molecular formula is C21H15BrO2Si. The average Bonchev–Trinajstić information content (AvgIpc) is 2.91. The number of carbonyl (C=O) groups is 2. The van der Waals surface area contributed by atoms with E-state index in [0.29, 0.717) is 27.8 Å². The first-order valence-corrected chi connectivity index (χ1v) is 11.7. The SMILES string of the molecule is C[SiH]1c2cc3c(cc2C2=CC=CCC21)C(=O)c1ccc(Br)cc1C3=O. The van der Waals surface area contributed by atoms with Crippen LogP contribution in [0.3, 0.4) is 0 Å². The topological polar surface area (TPSA) is 34.1 Å². The number of ketones is 2. The summed E-state index contributed by atoms with van der Waals surface area (Å²) in [4.78, 5) is 26.1. The smallest absolute Gasteiger partial charge is 0.194 e. The van der Waals surface area contributed by atoms with Crippen molar-refractivity contribution in [1.82, 2.24) is 0 Å². The lowest BCUT2D eigenvalue weighted by Crippen LogP contribution is -2.30. The van der Waals surface area contributed by atoms with Gasteiger partial charge in [0.25, 0.3) is 0 Å². The lowest BCUT2D eigenvalue weighted by Gasteiger charge is -2.19. The first-order valence-electron chi connectivity index (χ1n) is 8.50. The van der Waals surface area contributed by atoms with E-state index in [1.807, 2.05) is 18.2 Å². The molecule has 2 nitrogen and oxygen atoms in total. The summed E-state index contributed by atoms with van der Waals surface area (Å²) in [5.41, 5.74) is 5.33. The number of hydrogen-bond donors (Lipinski definition) is 0. The second-order valence-corrected chi connectivity index (χ2v) is 10.9. The fourth-order valence-electron chi connectivity index (χ4n) is 4.44. The van der Waals surface area contributed by atoms with Gasteiger partial charge in [-0.05, 0) is 47.4 Å². The normalized spacial score (nSPS) is 22.9. The summed E-state index contributed by atoms with van der Waals surface area (Å²) >= 11 is 3.41. The highest BCUT2D eigenvalue weighted by Crippen LogP contribution is 2.43. The molecule has 2 unspecified atom stereocenters. The minimum atomic E-state index is -1.17. The van der Waals surface area contributed by atoms with Crippen molar-refractivity contribution in [2.75, 3.05) is 0 Å². The monoisotopic (exact) mass is 406 g/mol. The summed E-state index contributed by atoms with van der Waals surface area (Å²) in [5, 5.41) is 1.33. The molecule has 3 aliphatic rings. The van der Waals surface area contributed by atoms with Crippen LogP contribution in [0.2, 0.25) is 12.1 Å². The van der Waals surface area contributed by atoms with E-state index in [9.17, 15) is 9.59 Å². The van der Waals surface area contributed by atoms with E-state index in [0.717, 1.165) is 10.9 Å². The van der Waals surface area contributed by atoms with Gasteiger partial charge < -0.3 is 0 Å². The zero-order chi connectivity index (χ0) is 17.3. The number of halogens is 1. The molecule has 2 atom stereocenters. The Bertz CT molecular complexity index is 1050. The molecule has 5 rings (SSSR count). The number of hydrogen-bond acceptors (Lipinski definition) is 2. The highest BCUT2D eigenvalue weighted by Gasteiger charge is 2.38. The molecule has 4 heteroatoms. The van der Waals surface area contributed by atoms with Crippen LogP contribution < -0.4 is 5.19 Å². The molecule has 0 aromatic heterocycles. The van der Waals surface area contributed by atoms with Gasteiger partial charge in [0.15, 0.2) is 11.6 Å². The predicted molar refractivity (Wildman–Crippen MR) is 106 cm³/mol. The van der Waals surface area contributed by atoms with Gasteiger partial charge in [-0.15, -0.1) is 0 Å². The van der Waals surface area contributed by atoms with E-state index in [1.165, 1.54) is 16.3 Å². The van der Waals surface area contributed by atoms with Gasteiger partial charge in [0.05, 0.1) is 8.80 Å². The molecule has 0 amide bonds. The van der Waals surface area contributed by atoms with Gasteiger partial charge in [-0.25, -0.2) is 0 Å². The third kappa shape index (κ3) is 2.01. The van der Waals surface area contributed by atoms with Crippen LogP contribution in [0.5, 0.6) is 0 Å². The second kappa shape index (κ2) is 5.23.